The number of hydrogen-bond acceptors (Lipinski definition) is 3. The summed E-state index contributed by atoms with van der Waals surface area (Å²) in [6, 6.07) is 18.5. The van der Waals surface area contributed by atoms with Gasteiger partial charge in [-0.1, -0.05) is 60.7 Å². The van der Waals surface area contributed by atoms with Crippen LogP contribution in [0.3, 0.4) is 0 Å². The highest BCUT2D eigenvalue weighted by Gasteiger charge is 2.57. The van der Waals surface area contributed by atoms with Crippen LogP contribution >= 0.6 is 11.6 Å². The van der Waals surface area contributed by atoms with E-state index in [1.807, 2.05) is 48.5 Å². The lowest BCUT2D eigenvalue weighted by molar-refractivity contribution is -0.191. The van der Waals surface area contributed by atoms with Gasteiger partial charge in [-0.05, 0) is 17.2 Å². The van der Waals surface area contributed by atoms with Crippen molar-refractivity contribution in [1.82, 2.24) is 9.80 Å². The topological polar surface area (TPSA) is 49.9 Å². The van der Waals surface area contributed by atoms with Gasteiger partial charge in [-0.3, -0.25) is 9.59 Å². The van der Waals surface area contributed by atoms with Crippen LogP contribution in [0.4, 0.5) is 0 Å². The molecule has 140 valence electrons. The molecular weight excluding hydrogens is 364 g/mol. The third-order valence-electron chi connectivity index (χ3n) is 4.84. The maximum Gasteiger partial charge on any atom is 0.282 e. The first kappa shape index (κ1) is 19.1. The van der Waals surface area contributed by atoms with E-state index in [-0.39, 0.29) is 11.6 Å². The Morgan fingerprint density at radius 2 is 1.56 bits per heavy atom. The van der Waals surface area contributed by atoms with Crippen LogP contribution in [-0.2, 0) is 14.3 Å². The molecule has 27 heavy (non-hydrogen) atoms. The fraction of sp³-hybridized carbons (Fsp3) is 0.238. The fourth-order valence-electron chi connectivity index (χ4n) is 3.28. The molecular formula is C21H21ClN2O3. The van der Waals surface area contributed by atoms with Crippen LogP contribution in [0.15, 0.2) is 66.4 Å². The molecule has 1 aliphatic heterocycles. The Kier molecular flexibility index (Phi) is 5.35. The molecule has 2 amide bonds. The highest BCUT2D eigenvalue weighted by Crippen LogP contribution is 2.42. The molecule has 1 saturated heterocycles. The standard InChI is InChI=1S/C21H21ClN2O3/c1-23-17(14-15-10-6-4-7-11-15)19(25)24(2)21(27-3,20(23)26)18(22)16-12-8-5-9-13-16/h4-14,18H,1-3H3/b17-14-/t18-,21+/m1/s1. The summed E-state index contributed by atoms with van der Waals surface area (Å²) in [6.45, 7) is 0. The Bertz CT molecular complexity index is 870. The van der Waals surface area contributed by atoms with Crippen molar-refractivity contribution in [3.8, 4) is 0 Å². The van der Waals surface area contributed by atoms with E-state index < -0.39 is 17.0 Å². The summed E-state index contributed by atoms with van der Waals surface area (Å²) in [5.41, 5.74) is 0.142. The van der Waals surface area contributed by atoms with Gasteiger partial charge in [0.1, 0.15) is 11.1 Å². The smallest absolute Gasteiger partial charge is 0.282 e. The van der Waals surface area contributed by atoms with Gasteiger partial charge in [0.05, 0.1) is 0 Å². The molecule has 0 N–H and O–H groups in total. The lowest BCUT2D eigenvalue weighted by Gasteiger charge is -2.48. The molecule has 3 rings (SSSR count). The molecule has 1 fully saturated rings. The number of rotatable bonds is 4. The van der Waals surface area contributed by atoms with Crippen LogP contribution in [-0.4, -0.2) is 48.5 Å². The first-order valence-corrected chi connectivity index (χ1v) is 8.94. The summed E-state index contributed by atoms with van der Waals surface area (Å²) in [4.78, 5) is 29.1. The summed E-state index contributed by atoms with van der Waals surface area (Å²) in [6.07, 6.45) is 1.68. The minimum Gasteiger partial charge on any atom is -0.349 e. The number of likely N-dealkylation sites (N-methyl/N-ethyl adjacent to an activating group) is 2. The molecule has 0 spiro atoms. The molecule has 2 aromatic rings. The second kappa shape index (κ2) is 7.55. The third-order valence-corrected chi connectivity index (χ3v) is 5.39. The number of carbonyl (C=O) groups excluding carboxylic acids is 2. The molecule has 6 heteroatoms. The zero-order valence-corrected chi connectivity index (χ0v) is 16.2. The van der Waals surface area contributed by atoms with E-state index >= 15 is 0 Å². The Labute approximate surface area is 163 Å². The van der Waals surface area contributed by atoms with Crippen molar-refractivity contribution in [2.45, 2.75) is 11.1 Å². The minimum atomic E-state index is -1.64. The number of nitrogens with zero attached hydrogens (tertiary/aromatic N) is 2. The van der Waals surface area contributed by atoms with E-state index in [0.29, 0.717) is 5.56 Å². The van der Waals surface area contributed by atoms with Gasteiger partial charge in [0.15, 0.2) is 0 Å². The number of alkyl halides is 1. The monoisotopic (exact) mass is 384 g/mol. The van der Waals surface area contributed by atoms with Crippen LogP contribution in [0, 0.1) is 0 Å². The van der Waals surface area contributed by atoms with E-state index in [2.05, 4.69) is 0 Å². The number of methoxy groups -OCH3 is 1. The maximum absolute atomic E-state index is 13.3. The zero-order valence-electron chi connectivity index (χ0n) is 15.4. The van der Waals surface area contributed by atoms with Gasteiger partial charge in [0.25, 0.3) is 11.8 Å². The zero-order chi connectivity index (χ0) is 19.6. The number of piperazine rings is 1. The Balaban J connectivity index is 2.06. The normalized spacial score (nSPS) is 23.0. The number of ether oxygens (including phenoxy) is 1. The third kappa shape index (κ3) is 3.13. The molecule has 2 aromatic carbocycles. The number of carbonyl (C=O) groups is 2. The second-order valence-corrected chi connectivity index (χ2v) is 6.78. The molecule has 0 aliphatic carbocycles. The minimum absolute atomic E-state index is 0.262. The number of benzene rings is 2. The van der Waals surface area contributed by atoms with Crippen molar-refractivity contribution in [3.05, 3.63) is 77.5 Å². The largest absolute Gasteiger partial charge is 0.349 e. The van der Waals surface area contributed by atoms with Gasteiger partial charge in [-0.15, -0.1) is 11.6 Å². The van der Waals surface area contributed by atoms with Crippen molar-refractivity contribution in [3.63, 3.8) is 0 Å². The van der Waals surface area contributed by atoms with Gasteiger partial charge in [0, 0.05) is 21.2 Å². The molecule has 0 bridgehead atoms. The Morgan fingerprint density at radius 3 is 2.11 bits per heavy atom. The summed E-state index contributed by atoms with van der Waals surface area (Å²) in [5, 5.41) is -0.870. The molecule has 0 unspecified atom stereocenters. The van der Waals surface area contributed by atoms with E-state index in [1.54, 1.807) is 25.3 Å². The lowest BCUT2D eigenvalue weighted by Crippen LogP contribution is -2.67. The average molecular weight is 385 g/mol. The van der Waals surface area contributed by atoms with Crippen molar-refractivity contribution in [2.24, 2.45) is 0 Å². The van der Waals surface area contributed by atoms with Crippen LogP contribution in [0.5, 0.6) is 0 Å². The second-order valence-electron chi connectivity index (χ2n) is 6.34. The van der Waals surface area contributed by atoms with Crippen molar-refractivity contribution in [1.29, 1.82) is 0 Å². The van der Waals surface area contributed by atoms with E-state index in [0.717, 1.165) is 5.56 Å². The molecule has 1 heterocycles. The highest BCUT2D eigenvalue weighted by atomic mass is 35.5. The maximum atomic E-state index is 13.3. The summed E-state index contributed by atoms with van der Waals surface area (Å²) in [7, 11) is 4.48. The molecule has 2 atom stereocenters. The van der Waals surface area contributed by atoms with Crippen LogP contribution in [0.2, 0.25) is 0 Å². The summed E-state index contributed by atoms with van der Waals surface area (Å²) in [5.74, 6) is -0.748. The van der Waals surface area contributed by atoms with Gasteiger partial charge in [-0.25, -0.2) is 0 Å². The molecule has 0 saturated carbocycles. The molecule has 5 nitrogen and oxygen atoms in total. The lowest BCUT2D eigenvalue weighted by atomic mass is 9.95. The fourth-order valence-corrected chi connectivity index (χ4v) is 3.75. The van der Waals surface area contributed by atoms with E-state index in [9.17, 15) is 9.59 Å². The summed E-state index contributed by atoms with van der Waals surface area (Å²) < 4.78 is 5.61. The predicted molar refractivity (Wildman–Crippen MR) is 105 cm³/mol. The van der Waals surface area contributed by atoms with Crippen LogP contribution < -0.4 is 0 Å². The average Bonchev–Trinajstić information content (AvgIpc) is 2.72. The quantitative estimate of drug-likeness (QED) is 0.600. The van der Waals surface area contributed by atoms with Crippen LogP contribution in [0.25, 0.3) is 6.08 Å². The highest BCUT2D eigenvalue weighted by molar-refractivity contribution is 6.24. The summed E-state index contributed by atoms with van der Waals surface area (Å²) >= 11 is 6.68. The van der Waals surface area contributed by atoms with Gasteiger partial charge in [0.2, 0.25) is 5.72 Å². The van der Waals surface area contributed by atoms with Gasteiger partial charge in [-0.2, -0.15) is 0 Å². The van der Waals surface area contributed by atoms with Gasteiger partial charge < -0.3 is 14.5 Å². The van der Waals surface area contributed by atoms with E-state index in [1.165, 1.54) is 24.0 Å². The molecule has 1 aliphatic rings. The van der Waals surface area contributed by atoms with Crippen molar-refractivity contribution in [2.75, 3.05) is 21.2 Å². The van der Waals surface area contributed by atoms with Crippen LogP contribution in [0.1, 0.15) is 16.5 Å². The molecule has 0 radical (unpaired) electrons. The Morgan fingerprint density at radius 1 is 1.00 bits per heavy atom. The molecule has 0 aromatic heterocycles. The Hall–Kier alpha value is -2.63. The SMILES string of the molecule is CO[C@@]1([C@H](Cl)c2ccccc2)C(=O)N(C)/C(=C\c2ccccc2)C(=O)N1C. The predicted octanol–water partition coefficient (Wildman–Crippen LogP) is 3.28. The number of halogens is 1. The number of hydrogen-bond donors (Lipinski definition) is 0. The van der Waals surface area contributed by atoms with Gasteiger partial charge >= 0.3 is 0 Å². The van der Waals surface area contributed by atoms with Crippen molar-refractivity contribution < 1.29 is 14.3 Å². The van der Waals surface area contributed by atoms with E-state index in [4.69, 9.17) is 16.3 Å². The number of amides is 2. The first-order chi connectivity index (χ1) is 12.9. The van der Waals surface area contributed by atoms with Crippen molar-refractivity contribution >= 4 is 29.5 Å². The first-order valence-electron chi connectivity index (χ1n) is 8.50.